The molecule has 0 aromatic heterocycles. The van der Waals surface area contributed by atoms with E-state index in [0.29, 0.717) is 47.5 Å². The predicted octanol–water partition coefficient (Wildman–Crippen LogP) is 5.19. The third kappa shape index (κ3) is 7.01. The van der Waals surface area contributed by atoms with E-state index in [1.165, 1.54) is 4.90 Å². The lowest BCUT2D eigenvalue weighted by Crippen LogP contribution is -2.59. The Hall–Kier alpha value is -2.00. The topological polar surface area (TPSA) is 90.0 Å². The SMILES string of the molecule is CC(C)(C)C1CN(Cc2ccc(NS(=O)(=O)CCc3cccc(Cl)c3Cl)cc2)CCN1C(=O)O. The van der Waals surface area contributed by atoms with Gasteiger partial charge >= 0.3 is 6.09 Å². The number of aryl methyl sites for hydroxylation is 1. The smallest absolute Gasteiger partial charge is 0.407 e. The Morgan fingerprint density at radius 1 is 1.12 bits per heavy atom. The minimum absolute atomic E-state index is 0.0992. The first-order valence-electron chi connectivity index (χ1n) is 11.1. The van der Waals surface area contributed by atoms with Crippen molar-refractivity contribution in [3.63, 3.8) is 0 Å². The summed E-state index contributed by atoms with van der Waals surface area (Å²) in [5.74, 6) is -0.114. The number of hydrogen-bond donors (Lipinski definition) is 2. The van der Waals surface area contributed by atoms with E-state index in [9.17, 15) is 18.3 Å². The largest absolute Gasteiger partial charge is 0.465 e. The minimum Gasteiger partial charge on any atom is -0.465 e. The number of carbonyl (C=O) groups is 1. The van der Waals surface area contributed by atoms with Gasteiger partial charge in [-0.3, -0.25) is 9.62 Å². The van der Waals surface area contributed by atoms with Crippen LogP contribution in [0.1, 0.15) is 31.9 Å². The molecule has 3 rings (SSSR count). The van der Waals surface area contributed by atoms with Crippen LogP contribution in [0.3, 0.4) is 0 Å². The van der Waals surface area contributed by atoms with Crippen molar-refractivity contribution in [1.82, 2.24) is 9.80 Å². The number of benzene rings is 2. The van der Waals surface area contributed by atoms with E-state index in [-0.39, 0.29) is 23.6 Å². The van der Waals surface area contributed by atoms with Crippen molar-refractivity contribution in [1.29, 1.82) is 0 Å². The van der Waals surface area contributed by atoms with Crippen LogP contribution in [0, 0.1) is 5.41 Å². The number of nitrogens with one attached hydrogen (secondary N) is 1. The average Bonchev–Trinajstić information content (AvgIpc) is 2.75. The molecule has 10 heteroatoms. The van der Waals surface area contributed by atoms with Crippen molar-refractivity contribution in [2.24, 2.45) is 5.41 Å². The van der Waals surface area contributed by atoms with Crippen molar-refractivity contribution < 1.29 is 18.3 Å². The molecule has 1 saturated heterocycles. The van der Waals surface area contributed by atoms with E-state index in [4.69, 9.17) is 23.2 Å². The molecule has 2 aromatic carbocycles. The first kappa shape index (κ1) is 26.6. The highest BCUT2D eigenvalue weighted by molar-refractivity contribution is 7.92. The molecule has 1 aliphatic heterocycles. The van der Waals surface area contributed by atoms with Gasteiger partial charge in [-0.25, -0.2) is 13.2 Å². The molecule has 1 fully saturated rings. The average molecular weight is 529 g/mol. The lowest BCUT2D eigenvalue weighted by Gasteiger charge is -2.46. The summed E-state index contributed by atoms with van der Waals surface area (Å²) in [4.78, 5) is 15.4. The number of piperazine rings is 1. The maximum atomic E-state index is 12.5. The molecule has 0 spiro atoms. The Balaban J connectivity index is 1.58. The molecule has 1 unspecified atom stereocenters. The second-order valence-electron chi connectivity index (χ2n) is 9.67. The maximum Gasteiger partial charge on any atom is 0.407 e. The van der Waals surface area contributed by atoms with Gasteiger partial charge in [0.2, 0.25) is 10.0 Å². The van der Waals surface area contributed by atoms with Crippen LogP contribution in [0.5, 0.6) is 0 Å². The number of sulfonamides is 1. The Kier molecular flexibility index (Phi) is 8.39. The molecule has 34 heavy (non-hydrogen) atoms. The zero-order chi connectivity index (χ0) is 25.1. The summed E-state index contributed by atoms with van der Waals surface area (Å²) in [6.07, 6.45) is -0.627. The van der Waals surface area contributed by atoms with Gasteiger partial charge in [0, 0.05) is 31.9 Å². The van der Waals surface area contributed by atoms with Crippen molar-refractivity contribution in [2.45, 2.75) is 39.8 Å². The quantitative estimate of drug-likeness (QED) is 0.517. The molecular weight excluding hydrogens is 497 g/mol. The van der Waals surface area contributed by atoms with Crippen LogP contribution in [-0.2, 0) is 23.0 Å². The minimum atomic E-state index is -3.56. The molecule has 1 atom stereocenters. The normalized spacial score (nSPS) is 17.6. The van der Waals surface area contributed by atoms with Gasteiger partial charge in [0.1, 0.15) is 0 Å². The van der Waals surface area contributed by atoms with E-state index < -0.39 is 16.1 Å². The highest BCUT2D eigenvalue weighted by atomic mass is 35.5. The molecule has 0 radical (unpaired) electrons. The van der Waals surface area contributed by atoms with Crippen molar-refractivity contribution in [3.05, 3.63) is 63.6 Å². The molecule has 0 saturated carbocycles. The molecule has 186 valence electrons. The number of halogens is 2. The Bertz CT molecular complexity index is 1120. The van der Waals surface area contributed by atoms with Crippen LogP contribution in [0.4, 0.5) is 10.5 Å². The highest BCUT2D eigenvalue weighted by Crippen LogP contribution is 2.29. The van der Waals surface area contributed by atoms with Gasteiger partial charge in [-0.1, -0.05) is 68.2 Å². The lowest BCUT2D eigenvalue weighted by molar-refractivity contribution is 0.0190. The molecular formula is C24H31Cl2N3O4S. The van der Waals surface area contributed by atoms with Gasteiger partial charge in [-0.15, -0.1) is 0 Å². The van der Waals surface area contributed by atoms with Crippen LogP contribution in [0.15, 0.2) is 42.5 Å². The van der Waals surface area contributed by atoms with Crippen LogP contribution < -0.4 is 4.72 Å². The van der Waals surface area contributed by atoms with Crippen molar-refractivity contribution in [2.75, 3.05) is 30.1 Å². The summed E-state index contributed by atoms with van der Waals surface area (Å²) in [6.45, 7) is 8.59. The summed E-state index contributed by atoms with van der Waals surface area (Å²) < 4.78 is 27.7. The molecule has 1 heterocycles. The Morgan fingerprint density at radius 3 is 2.41 bits per heavy atom. The molecule has 0 aliphatic carbocycles. The lowest BCUT2D eigenvalue weighted by atomic mass is 9.84. The maximum absolute atomic E-state index is 12.5. The van der Waals surface area contributed by atoms with Crippen molar-refractivity contribution in [3.8, 4) is 0 Å². The highest BCUT2D eigenvalue weighted by Gasteiger charge is 2.37. The zero-order valence-electron chi connectivity index (χ0n) is 19.6. The van der Waals surface area contributed by atoms with E-state index in [2.05, 4.69) is 30.4 Å². The fraction of sp³-hybridized carbons (Fsp3) is 0.458. The molecule has 1 amide bonds. The molecule has 2 N–H and O–H groups in total. The number of carboxylic acid groups (broad SMARTS) is 1. The number of amides is 1. The summed E-state index contributed by atoms with van der Waals surface area (Å²) in [7, 11) is -3.56. The van der Waals surface area contributed by atoms with Crippen LogP contribution >= 0.6 is 23.2 Å². The summed E-state index contributed by atoms with van der Waals surface area (Å²) in [6, 6.07) is 12.3. The molecule has 1 aliphatic rings. The van der Waals surface area contributed by atoms with E-state index in [0.717, 1.165) is 5.56 Å². The number of anilines is 1. The molecule has 7 nitrogen and oxygen atoms in total. The fourth-order valence-corrected chi connectivity index (χ4v) is 5.61. The number of hydrogen-bond acceptors (Lipinski definition) is 4. The van der Waals surface area contributed by atoms with Gasteiger partial charge < -0.3 is 10.0 Å². The first-order valence-corrected chi connectivity index (χ1v) is 13.5. The van der Waals surface area contributed by atoms with Gasteiger partial charge in [0.05, 0.1) is 21.8 Å². The van der Waals surface area contributed by atoms with Crippen molar-refractivity contribution >= 4 is 45.0 Å². The predicted molar refractivity (Wildman–Crippen MR) is 137 cm³/mol. The van der Waals surface area contributed by atoms with Crippen LogP contribution in [0.25, 0.3) is 0 Å². The van der Waals surface area contributed by atoms with Gasteiger partial charge in [-0.05, 0) is 41.2 Å². The monoisotopic (exact) mass is 527 g/mol. The summed E-state index contributed by atoms with van der Waals surface area (Å²) >= 11 is 12.2. The standard InChI is InChI=1S/C24H31Cl2N3O4S/c1-24(2,3)21-16-28(12-13-29(21)23(30)31)15-17-7-9-19(10-8-17)27-34(32,33)14-11-18-5-4-6-20(25)22(18)26/h4-10,21,27H,11-16H2,1-3H3,(H,30,31). The Labute approximate surface area is 211 Å². The Morgan fingerprint density at radius 2 is 1.79 bits per heavy atom. The van der Waals surface area contributed by atoms with Crippen LogP contribution in [0.2, 0.25) is 10.0 Å². The molecule has 2 aromatic rings. The van der Waals surface area contributed by atoms with E-state index in [1.807, 2.05) is 12.1 Å². The van der Waals surface area contributed by atoms with E-state index >= 15 is 0 Å². The second kappa shape index (κ2) is 10.7. The molecule has 0 bridgehead atoms. The summed E-state index contributed by atoms with van der Waals surface area (Å²) in [5, 5.41) is 10.3. The van der Waals surface area contributed by atoms with Crippen LogP contribution in [-0.4, -0.2) is 60.8 Å². The van der Waals surface area contributed by atoms with E-state index in [1.54, 1.807) is 30.3 Å². The third-order valence-corrected chi connectivity index (χ3v) is 8.16. The zero-order valence-corrected chi connectivity index (χ0v) is 21.9. The van der Waals surface area contributed by atoms with Gasteiger partial charge in [0.15, 0.2) is 0 Å². The number of nitrogens with zero attached hydrogens (tertiary/aromatic N) is 2. The third-order valence-electron chi connectivity index (χ3n) is 6.02. The first-order chi connectivity index (χ1) is 15.9. The van der Waals surface area contributed by atoms with Gasteiger partial charge in [-0.2, -0.15) is 0 Å². The summed E-state index contributed by atoms with van der Waals surface area (Å²) in [5.41, 5.74) is 2.04. The fourth-order valence-electron chi connectivity index (χ4n) is 4.11. The van der Waals surface area contributed by atoms with Gasteiger partial charge in [0.25, 0.3) is 0 Å². The second-order valence-corrected chi connectivity index (χ2v) is 12.3. The number of rotatable bonds is 7.